The Morgan fingerprint density at radius 3 is 2.58 bits per heavy atom. The van der Waals surface area contributed by atoms with Gasteiger partial charge in [0.15, 0.2) is 5.96 Å². The van der Waals surface area contributed by atoms with Crippen molar-refractivity contribution < 1.29 is 17.9 Å². The molecule has 33 heavy (non-hydrogen) atoms. The number of aromatic nitrogens is 1. The highest BCUT2D eigenvalue weighted by atomic mass is 127. The van der Waals surface area contributed by atoms with E-state index in [1.54, 1.807) is 19.2 Å². The van der Waals surface area contributed by atoms with Crippen molar-refractivity contribution in [3.05, 3.63) is 46.7 Å². The minimum atomic E-state index is -2.85. The van der Waals surface area contributed by atoms with Gasteiger partial charge in [0.1, 0.15) is 11.5 Å². The van der Waals surface area contributed by atoms with E-state index in [9.17, 15) is 8.78 Å². The maximum Gasteiger partial charge on any atom is 0.387 e. The molecule has 0 amide bonds. The highest BCUT2D eigenvalue weighted by molar-refractivity contribution is 14.0. The molecule has 184 valence electrons. The molecular formula is C23H34F2IN5O2. The van der Waals surface area contributed by atoms with Crippen molar-refractivity contribution in [3.63, 3.8) is 0 Å². The number of guanidine groups is 1. The summed E-state index contributed by atoms with van der Waals surface area (Å²) in [5, 5.41) is 6.56. The Labute approximate surface area is 211 Å². The molecule has 1 saturated heterocycles. The van der Waals surface area contributed by atoms with Crippen molar-refractivity contribution in [2.45, 2.75) is 53.3 Å². The largest absolute Gasteiger partial charge is 0.444 e. The van der Waals surface area contributed by atoms with Crippen LogP contribution in [0.25, 0.3) is 0 Å². The number of ether oxygens (including phenoxy) is 1. The smallest absolute Gasteiger partial charge is 0.387 e. The van der Waals surface area contributed by atoms with Crippen LogP contribution in [0, 0.1) is 26.7 Å². The summed E-state index contributed by atoms with van der Waals surface area (Å²) in [5.41, 5.74) is 2.60. The van der Waals surface area contributed by atoms with Crippen LogP contribution < -0.4 is 15.4 Å². The quantitative estimate of drug-likeness (QED) is 0.276. The van der Waals surface area contributed by atoms with E-state index in [4.69, 9.17) is 4.42 Å². The zero-order chi connectivity index (χ0) is 23.1. The number of rotatable bonds is 8. The summed E-state index contributed by atoms with van der Waals surface area (Å²) in [4.78, 5) is 11.1. The summed E-state index contributed by atoms with van der Waals surface area (Å²) in [7, 11) is 1.70. The lowest BCUT2D eigenvalue weighted by atomic mass is 9.97. The van der Waals surface area contributed by atoms with Gasteiger partial charge in [0.2, 0.25) is 5.89 Å². The van der Waals surface area contributed by atoms with Gasteiger partial charge >= 0.3 is 6.61 Å². The predicted molar refractivity (Wildman–Crippen MR) is 135 cm³/mol. The van der Waals surface area contributed by atoms with E-state index in [1.165, 1.54) is 0 Å². The fraction of sp³-hybridized carbons (Fsp3) is 0.565. The van der Waals surface area contributed by atoms with Gasteiger partial charge < -0.3 is 19.8 Å². The number of halogens is 3. The topological polar surface area (TPSA) is 74.9 Å². The monoisotopic (exact) mass is 577 g/mol. The van der Waals surface area contributed by atoms with E-state index in [0.29, 0.717) is 24.0 Å². The minimum absolute atomic E-state index is 0. The third kappa shape index (κ3) is 8.40. The number of piperidine rings is 1. The maximum atomic E-state index is 12.7. The Kier molecular flexibility index (Phi) is 10.8. The van der Waals surface area contributed by atoms with Crippen LogP contribution in [-0.4, -0.2) is 49.1 Å². The summed E-state index contributed by atoms with van der Waals surface area (Å²) in [6.45, 7) is 6.86. The first-order chi connectivity index (χ1) is 15.3. The Bertz CT molecular complexity index is 895. The van der Waals surface area contributed by atoms with Crippen LogP contribution in [0.4, 0.5) is 8.78 Å². The van der Waals surface area contributed by atoms with Gasteiger partial charge in [-0.05, 0) is 58.7 Å². The Morgan fingerprint density at radius 1 is 1.24 bits per heavy atom. The number of benzene rings is 1. The van der Waals surface area contributed by atoms with Crippen molar-refractivity contribution in [3.8, 4) is 5.75 Å². The third-order valence-corrected chi connectivity index (χ3v) is 5.80. The van der Waals surface area contributed by atoms with Gasteiger partial charge in [-0.25, -0.2) is 4.98 Å². The second-order valence-electron chi connectivity index (χ2n) is 8.27. The van der Waals surface area contributed by atoms with Crippen LogP contribution in [0.15, 0.2) is 27.6 Å². The molecule has 1 aromatic carbocycles. The van der Waals surface area contributed by atoms with E-state index >= 15 is 0 Å². The van der Waals surface area contributed by atoms with Crippen molar-refractivity contribution in [1.82, 2.24) is 20.5 Å². The third-order valence-electron chi connectivity index (χ3n) is 5.80. The normalized spacial score (nSPS) is 15.4. The lowest BCUT2D eigenvalue weighted by Gasteiger charge is -2.31. The molecule has 0 atom stereocenters. The van der Waals surface area contributed by atoms with E-state index in [1.807, 2.05) is 26.8 Å². The van der Waals surface area contributed by atoms with Gasteiger partial charge in [0.05, 0.1) is 12.2 Å². The summed E-state index contributed by atoms with van der Waals surface area (Å²) < 4.78 is 35.7. The van der Waals surface area contributed by atoms with Gasteiger partial charge in [0.25, 0.3) is 0 Å². The van der Waals surface area contributed by atoms with Crippen molar-refractivity contribution >= 4 is 29.9 Å². The van der Waals surface area contributed by atoms with Gasteiger partial charge in [-0.3, -0.25) is 9.89 Å². The highest BCUT2D eigenvalue weighted by Crippen LogP contribution is 2.22. The van der Waals surface area contributed by atoms with Crippen LogP contribution >= 0.6 is 24.0 Å². The number of nitrogens with one attached hydrogen (secondary N) is 2. The summed E-state index contributed by atoms with van der Waals surface area (Å²) >= 11 is 0. The van der Waals surface area contributed by atoms with Crippen LogP contribution in [0.2, 0.25) is 0 Å². The molecule has 0 spiro atoms. The molecule has 2 heterocycles. The zero-order valence-electron chi connectivity index (χ0n) is 19.7. The number of aryl methyl sites for hydroxylation is 3. The molecular weight excluding hydrogens is 543 g/mol. The Hall–Kier alpha value is -1.95. The van der Waals surface area contributed by atoms with Crippen LogP contribution in [0.1, 0.15) is 41.3 Å². The zero-order valence-corrected chi connectivity index (χ0v) is 22.0. The molecule has 0 aliphatic carbocycles. The fourth-order valence-corrected chi connectivity index (χ4v) is 3.84. The average molecular weight is 577 g/mol. The molecule has 1 fully saturated rings. The molecule has 0 saturated carbocycles. The van der Waals surface area contributed by atoms with Gasteiger partial charge in [-0.2, -0.15) is 8.78 Å². The standard InChI is InChI=1S/C23H33F2N5O2.HI/c1-15-5-6-20(32-22(24)25)19(11-15)13-28-23(26-4)27-12-18-7-9-30(10-8-18)14-21-29-16(2)17(3)31-21;/h5-6,11,18,22H,7-10,12-14H2,1-4H3,(H2,26,27,28);1H. The molecule has 1 aliphatic heterocycles. The molecule has 7 nitrogen and oxygen atoms in total. The lowest BCUT2D eigenvalue weighted by molar-refractivity contribution is -0.0504. The maximum absolute atomic E-state index is 12.7. The molecule has 10 heteroatoms. The number of aliphatic imine (C=N–C) groups is 1. The summed E-state index contributed by atoms with van der Waals surface area (Å²) in [5.74, 6) is 3.03. The molecule has 1 aromatic heterocycles. The Morgan fingerprint density at radius 2 is 1.97 bits per heavy atom. The number of alkyl halides is 2. The fourth-order valence-electron chi connectivity index (χ4n) is 3.84. The van der Waals surface area contributed by atoms with Crippen molar-refractivity contribution in [2.24, 2.45) is 10.9 Å². The predicted octanol–water partition coefficient (Wildman–Crippen LogP) is 4.40. The molecule has 0 unspecified atom stereocenters. The molecule has 0 radical (unpaired) electrons. The molecule has 3 rings (SSSR count). The van der Waals surface area contributed by atoms with Gasteiger partial charge in [0, 0.05) is 25.7 Å². The second-order valence-corrected chi connectivity index (χ2v) is 8.27. The number of nitrogens with zero attached hydrogens (tertiary/aromatic N) is 3. The second kappa shape index (κ2) is 13.1. The average Bonchev–Trinajstić information content (AvgIpc) is 3.07. The SMILES string of the molecule is CN=C(NCc1cc(C)ccc1OC(F)F)NCC1CCN(Cc2nc(C)c(C)o2)CC1.I. The lowest BCUT2D eigenvalue weighted by Crippen LogP contribution is -2.42. The van der Waals surface area contributed by atoms with Crippen LogP contribution in [0.5, 0.6) is 5.75 Å². The summed E-state index contributed by atoms with van der Waals surface area (Å²) in [6, 6.07) is 5.17. The first kappa shape index (κ1) is 27.3. The van der Waals surface area contributed by atoms with Crippen molar-refractivity contribution in [1.29, 1.82) is 0 Å². The highest BCUT2D eigenvalue weighted by Gasteiger charge is 2.21. The first-order valence-electron chi connectivity index (χ1n) is 11.0. The van der Waals surface area contributed by atoms with E-state index in [0.717, 1.165) is 61.9 Å². The molecule has 1 aliphatic rings. The molecule has 0 bridgehead atoms. The number of oxazole rings is 1. The van der Waals surface area contributed by atoms with Crippen LogP contribution in [-0.2, 0) is 13.1 Å². The molecule has 2 aromatic rings. The number of hydrogen-bond acceptors (Lipinski definition) is 5. The Balaban J connectivity index is 0.00000385. The molecule has 2 N–H and O–H groups in total. The van der Waals surface area contributed by atoms with E-state index in [2.05, 4.69) is 30.2 Å². The van der Waals surface area contributed by atoms with E-state index in [-0.39, 0.29) is 29.7 Å². The minimum Gasteiger partial charge on any atom is -0.444 e. The summed E-state index contributed by atoms with van der Waals surface area (Å²) in [6.07, 6.45) is 2.15. The number of hydrogen-bond donors (Lipinski definition) is 2. The van der Waals surface area contributed by atoms with Gasteiger partial charge in [-0.1, -0.05) is 17.7 Å². The first-order valence-corrected chi connectivity index (χ1v) is 11.0. The van der Waals surface area contributed by atoms with Crippen LogP contribution in [0.3, 0.4) is 0 Å². The van der Waals surface area contributed by atoms with Gasteiger partial charge in [-0.15, -0.1) is 24.0 Å². The number of likely N-dealkylation sites (tertiary alicyclic amines) is 1. The van der Waals surface area contributed by atoms with Crippen molar-refractivity contribution in [2.75, 3.05) is 26.7 Å². The van der Waals surface area contributed by atoms with E-state index < -0.39 is 6.61 Å².